The van der Waals surface area contributed by atoms with Crippen LogP contribution in [0.2, 0.25) is 0 Å². The van der Waals surface area contributed by atoms with Gasteiger partial charge >= 0.3 is 5.97 Å². The second-order valence-corrected chi connectivity index (χ2v) is 5.70. The largest absolute Gasteiger partial charge is 0.480 e. The Morgan fingerprint density at radius 3 is 2.94 bits per heavy atom. The van der Waals surface area contributed by atoms with Gasteiger partial charge in [0.2, 0.25) is 0 Å². The molecule has 1 saturated heterocycles. The van der Waals surface area contributed by atoms with Gasteiger partial charge in [-0.25, -0.2) is 0 Å². The average Bonchev–Trinajstić information content (AvgIpc) is 2.74. The summed E-state index contributed by atoms with van der Waals surface area (Å²) in [6.07, 6.45) is 2.20. The number of carboxylic acids is 1. The molecule has 2 rings (SSSR count). The highest BCUT2D eigenvalue weighted by atomic mass is 32.1. The highest BCUT2D eigenvalue weighted by Gasteiger charge is 2.28. The third-order valence-electron chi connectivity index (χ3n) is 3.22. The van der Waals surface area contributed by atoms with E-state index in [4.69, 9.17) is 5.11 Å². The van der Waals surface area contributed by atoms with Gasteiger partial charge in [-0.3, -0.25) is 9.69 Å². The average molecular weight is 239 g/mol. The third-order valence-corrected chi connectivity index (χ3v) is 4.47. The summed E-state index contributed by atoms with van der Waals surface area (Å²) in [5, 5.41) is 8.86. The Hall–Kier alpha value is -0.870. The molecule has 0 aliphatic carbocycles. The van der Waals surface area contributed by atoms with Gasteiger partial charge in [0, 0.05) is 15.8 Å². The van der Waals surface area contributed by atoms with Crippen LogP contribution in [0.4, 0.5) is 0 Å². The molecule has 1 N–H and O–H groups in total. The van der Waals surface area contributed by atoms with E-state index in [0.29, 0.717) is 6.04 Å². The molecule has 0 unspecified atom stereocenters. The van der Waals surface area contributed by atoms with Crippen molar-refractivity contribution < 1.29 is 9.90 Å². The van der Waals surface area contributed by atoms with Crippen molar-refractivity contribution in [3.05, 3.63) is 21.4 Å². The number of hydrogen-bond donors (Lipinski definition) is 1. The second kappa shape index (κ2) is 4.55. The molecule has 3 nitrogen and oxygen atoms in total. The summed E-state index contributed by atoms with van der Waals surface area (Å²) in [5.41, 5.74) is 1.32. The summed E-state index contributed by atoms with van der Waals surface area (Å²) in [6.45, 7) is 5.32. The van der Waals surface area contributed by atoms with Crippen molar-refractivity contribution in [1.82, 2.24) is 4.90 Å². The Morgan fingerprint density at radius 2 is 2.38 bits per heavy atom. The fourth-order valence-electron chi connectivity index (χ4n) is 2.28. The van der Waals surface area contributed by atoms with E-state index in [9.17, 15) is 4.79 Å². The number of aliphatic carboxylic acids is 1. The first-order chi connectivity index (χ1) is 7.58. The zero-order valence-corrected chi connectivity index (χ0v) is 10.5. The second-order valence-electron chi connectivity index (χ2n) is 4.41. The lowest BCUT2D eigenvalue weighted by Crippen LogP contribution is -2.28. The predicted molar refractivity (Wildman–Crippen MR) is 65.0 cm³/mol. The molecule has 0 radical (unpaired) electrons. The van der Waals surface area contributed by atoms with Crippen LogP contribution in [0.3, 0.4) is 0 Å². The minimum Gasteiger partial charge on any atom is -0.480 e. The summed E-state index contributed by atoms with van der Waals surface area (Å²) in [7, 11) is 0. The van der Waals surface area contributed by atoms with Crippen LogP contribution >= 0.6 is 11.3 Å². The van der Waals surface area contributed by atoms with Crippen LogP contribution in [0.5, 0.6) is 0 Å². The minimum atomic E-state index is -0.725. The Kier molecular flexibility index (Phi) is 3.30. The maximum absolute atomic E-state index is 10.8. The SMILES string of the molecule is Cc1cc([C@H]2CCCN2CC(=O)O)sc1C. The minimum absolute atomic E-state index is 0.167. The molecule has 0 amide bonds. The monoisotopic (exact) mass is 239 g/mol. The fraction of sp³-hybridized carbons (Fsp3) is 0.583. The molecule has 1 fully saturated rings. The lowest BCUT2D eigenvalue weighted by Gasteiger charge is -2.21. The van der Waals surface area contributed by atoms with Gasteiger partial charge < -0.3 is 5.11 Å². The first kappa shape index (κ1) is 11.6. The molecule has 88 valence electrons. The topological polar surface area (TPSA) is 40.5 Å². The van der Waals surface area contributed by atoms with Crippen LogP contribution in [-0.2, 0) is 4.79 Å². The summed E-state index contributed by atoms with van der Waals surface area (Å²) < 4.78 is 0. The molecule has 1 aromatic heterocycles. The van der Waals surface area contributed by atoms with Gasteiger partial charge in [-0.05, 0) is 44.9 Å². The Labute approximate surface area is 99.7 Å². The number of rotatable bonds is 3. The Bertz CT molecular complexity index is 380. The highest BCUT2D eigenvalue weighted by Crippen LogP contribution is 2.36. The van der Waals surface area contributed by atoms with Crippen LogP contribution < -0.4 is 0 Å². The lowest BCUT2D eigenvalue weighted by atomic mass is 10.1. The van der Waals surface area contributed by atoms with Gasteiger partial charge in [-0.1, -0.05) is 0 Å². The number of aryl methyl sites for hydroxylation is 2. The summed E-state index contributed by atoms with van der Waals surface area (Å²) in [4.78, 5) is 15.5. The number of carbonyl (C=O) groups is 1. The molecule has 1 aliphatic rings. The van der Waals surface area contributed by atoms with Crippen molar-refractivity contribution >= 4 is 17.3 Å². The van der Waals surface area contributed by atoms with Crippen molar-refractivity contribution in [2.75, 3.05) is 13.1 Å². The van der Waals surface area contributed by atoms with Gasteiger partial charge in [-0.2, -0.15) is 0 Å². The first-order valence-electron chi connectivity index (χ1n) is 5.60. The van der Waals surface area contributed by atoms with Crippen LogP contribution in [0, 0.1) is 13.8 Å². The van der Waals surface area contributed by atoms with Crippen LogP contribution in [-0.4, -0.2) is 29.1 Å². The maximum Gasteiger partial charge on any atom is 0.317 e. The summed E-state index contributed by atoms with van der Waals surface area (Å²) >= 11 is 1.81. The van der Waals surface area contributed by atoms with Crippen molar-refractivity contribution in [3.63, 3.8) is 0 Å². The molecule has 0 aromatic carbocycles. The summed E-state index contributed by atoms with van der Waals surface area (Å²) in [6, 6.07) is 2.54. The molecule has 1 aromatic rings. The van der Waals surface area contributed by atoms with E-state index in [1.165, 1.54) is 15.3 Å². The normalized spacial score (nSPS) is 21.5. The zero-order chi connectivity index (χ0) is 11.7. The van der Waals surface area contributed by atoms with Crippen molar-refractivity contribution in [1.29, 1.82) is 0 Å². The molecule has 1 aliphatic heterocycles. The van der Waals surface area contributed by atoms with Crippen molar-refractivity contribution in [2.24, 2.45) is 0 Å². The summed E-state index contributed by atoms with van der Waals surface area (Å²) in [5.74, 6) is -0.725. The van der Waals surface area contributed by atoms with E-state index in [-0.39, 0.29) is 6.54 Å². The predicted octanol–water partition coefficient (Wildman–Crippen LogP) is 2.59. The molecule has 16 heavy (non-hydrogen) atoms. The number of likely N-dealkylation sites (tertiary alicyclic amines) is 1. The van der Waals surface area contributed by atoms with Gasteiger partial charge in [0.25, 0.3) is 0 Å². The van der Waals surface area contributed by atoms with Crippen molar-refractivity contribution in [2.45, 2.75) is 32.7 Å². The third kappa shape index (κ3) is 2.28. The highest BCUT2D eigenvalue weighted by molar-refractivity contribution is 7.12. The van der Waals surface area contributed by atoms with Gasteiger partial charge in [0.15, 0.2) is 0 Å². The van der Waals surface area contributed by atoms with E-state index < -0.39 is 5.97 Å². The standard InChI is InChI=1S/C12H17NO2S/c1-8-6-11(16-9(8)2)10-4-3-5-13(10)7-12(14)15/h6,10H,3-5,7H2,1-2H3,(H,14,15)/t10-/m1/s1. The maximum atomic E-state index is 10.8. The molecule has 0 bridgehead atoms. The first-order valence-corrected chi connectivity index (χ1v) is 6.42. The van der Waals surface area contributed by atoms with Crippen molar-refractivity contribution in [3.8, 4) is 0 Å². The van der Waals surface area contributed by atoms with E-state index >= 15 is 0 Å². The van der Waals surface area contributed by atoms with Crippen LogP contribution in [0.1, 0.15) is 34.2 Å². The lowest BCUT2D eigenvalue weighted by molar-refractivity contribution is -0.138. The number of thiophene rings is 1. The molecule has 0 saturated carbocycles. The zero-order valence-electron chi connectivity index (χ0n) is 9.69. The van der Waals surface area contributed by atoms with E-state index in [0.717, 1.165) is 19.4 Å². The number of hydrogen-bond acceptors (Lipinski definition) is 3. The quantitative estimate of drug-likeness (QED) is 0.881. The van der Waals surface area contributed by atoms with Crippen LogP contribution in [0.15, 0.2) is 6.07 Å². The van der Waals surface area contributed by atoms with E-state index in [1.807, 2.05) is 11.3 Å². The molecule has 2 heterocycles. The van der Waals surface area contributed by atoms with Gasteiger partial charge in [0.1, 0.15) is 0 Å². The molecular formula is C12H17NO2S. The molecule has 4 heteroatoms. The number of nitrogens with zero attached hydrogens (tertiary/aromatic N) is 1. The van der Waals surface area contributed by atoms with E-state index in [1.54, 1.807) is 0 Å². The smallest absolute Gasteiger partial charge is 0.317 e. The number of carboxylic acid groups (broad SMARTS) is 1. The fourth-order valence-corrected chi connectivity index (χ4v) is 3.49. The molecular weight excluding hydrogens is 222 g/mol. The molecule has 1 atom stereocenters. The Balaban J connectivity index is 2.16. The Morgan fingerprint density at radius 1 is 1.62 bits per heavy atom. The van der Waals surface area contributed by atoms with Gasteiger partial charge in [-0.15, -0.1) is 11.3 Å². The molecule has 0 spiro atoms. The van der Waals surface area contributed by atoms with E-state index in [2.05, 4.69) is 24.8 Å². The van der Waals surface area contributed by atoms with Crippen LogP contribution in [0.25, 0.3) is 0 Å². The van der Waals surface area contributed by atoms with Gasteiger partial charge in [0.05, 0.1) is 6.54 Å².